The number of nitrogens with zero attached hydrogens (tertiary/aromatic N) is 3. The van der Waals surface area contributed by atoms with Crippen LogP contribution in [-0.4, -0.2) is 31.3 Å². The Hall–Kier alpha value is -2.34. The van der Waals surface area contributed by atoms with Gasteiger partial charge in [-0.1, -0.05) is 42.1 Å². The van der Waals surface area contributed by atoms with E-state index in [1.54, 1.807) is 0 Å². The number of hydrogen-bond acceptors (Lipinski definition) is 4. The maximum absolute atomic E-state index is 12.4. The highest BCUT2D eigenvalue weighted by atomic mass is 32.2. The molecule has 0 unspecified atom stereocenters. The number of aromatic nitrogens is 4. The maximum Gasteiger partial charge on any atom is 0.191 e. The van der Waals surface area contributed by atoms with E-state index in [9.17, 15) is 4.79 Å². The van der Waals surface area contributed by atoms with Gasteiger partial charge >= 0.3 is 0 Å². The highest BCUT2D eigenvalue weighted by Crippen LogP contribution is 2.21. The molecule has 1 N–H and O–H groups in total. The zero-order valence-electron chi connectivity index (χ0n) is 14.0. The number of ketones is 1. The van der Waals surface area contributed by atoms with Crippen molar-refractivity contribution < 1.29 is 4.79 Å². The fourth-order valence-electron chi connectivity index (χ4n) is 2.64. The number of thioether (sulfide) groups is 1. The molecule has 0 aliphatic heterocycles. The Morgan fingerprint density at radius 2 is 1.92 bits per heavy atom. The molecule has 0 fully saturated rings. The molecule has 0 radical (unpaired) electrons. The van der Waals surface area contributed by atoms with Gasteiger partial charge in [0, 0.05) is 17.0 Å². The van der Waals surface area contributed by atoms with Crippen LogP contribution < -0.4 is 0 Å². The second kappa shape index (κ2) is 7.05. The molecule has 0 aliphatic carbocycles. The second-order valence-electron chi connectivity index (χ2n) is 5.80. The number of carbonyl (C=O) groups excluding carboxylic acids is 1. The Balaban J connectivity index is 1.72. The van der Waals surface area contributed by atoms with Crippen LogP contribution in [-0.2, 0) is 6.54 Å². The SMILES string of the molecule is Cc1cc(C(=O)CSc2nnc(C)n2Cc2ccccc2)c(C)[nH]1. The quantitative estimate of drug-likeness (QED) is 0.550. The van der Waals surface area contributed by atoms with E-state index in [1.807, 2.05) is 49.6 Å². The van der Waals surface area contributed by atoms with Gasteiger partial charge in [0.25, 0.3) is 0 Å². The van der Waals surface area contributed by atoms with Gasteiger partial charge in [-0.05, 0) is 32.4 Å². The molecule has 2 heterocycles. The van der Waals surface area contributed by atoms with E-state index >= 15 is 0 Å². The van der Waals surface area contributed by atoms with Crippen LogP contribution in [0.1, 0.15) is 33.1 Å². The number of H-pyrrole nitrogens is 1. The molecule has 0 bridgehead atoms. The molecule has 0 saturated heterocycles. The monoisotopic (exact) mass is 340 g/mol. The normalized spacial score (nSPS) is 11.0. The van der Waals surface area contributed by atoms with Crippen LogP contribution >= 0.6 is 11.8 Å². The first-order valence-corrected chi connectivity index (χ1v) is 8.79. The number of rotatable bonds is 6. The molecule has 0 saturated carbocycles. The van der Waals surface area contributed by atoms with Crippen LogP contribution in [0.25, 0.3) is 0 Å². The topological polar surface area (TPSA) is 63.6 Å². The number of aryl methyl sites for hydroxylation is 3. The third kappa shape index (κ3) is 3.59. The van der Waals surface area contributed by atoms with Gasteiger partial charge in [-0.3, -0.25) is 4.79 Å². The van der Waals surface area contributed by atoms with Crippen molar-refractivity contribution in [2.45, 2.75) is 32.5 Å². The van der Waals surface area contributed by atoms with Crippen LogP contribution in [0.2, 0.25) is 0 Å². The second-order valence-corrected chi connectivity index (χ2v) is 6.75. The van der Waals surface area contributed by atoms with Gasteiger partial charge in [0.1, 0.15) is 5.82 Å². The van der Waals surface area contributed by atoms with E-state index < -0.39 is 0 Å². The summed E-state index contributed by atoms with van der Waals surface area (Å²) in [5, 5.41) is 9.15. The maximum atomic E-state index is 12.4. The highest BCUT2D eigenvalue weighted by Gasteiger charge is 2.15. The number of nitrogens with one attached hydrogen (secondary N) is 1. The Morgan fingerprint density at radius 1 is 1.17 bits per heavy atom. The Kier molecular flexibility index (Phi) is 4.85. The van der Waals surface area contributed by atoms with E-state index in [1.165, 1.54) is 17.3 Å². The van der Waals surface area contributed by atoms with Gasteiger partial charge in [0.2, 0.25) is 0 Å². The van der Waals surface area contributed by atoms with Crippen molar-refractivity contribution in [1.82, 2.24) is 19.7 Å². The van der Waals surface area contributed by atoms with Gasteiger partial charge in [0.15, 0.2) is 10.9 Å². The molecular formula is C18H20N4OS. The summed E-state index contributed by atoms with van der Waals surface area (Å²) >= 11 is 1.43. The number of carbonyl (C=O) groups is 1. The van der Waals surface area contributed by atoms with Crippen molar-refractivity contribution in [1.29, 1.82) is 0 Å². The molecule has 0 spiro atoms. The minimum absolute atomic E-state index is 0.105. The van der Waals surface area contributed by atoms with E-state index in [0.717, 1.165) is 27.9 Å². The Labute approximate surface area is 145 Å². The molecule has 0 amide bonds. The summed E-state index contributed by atoms with van der Waals surface area (Å²) in [7, 11) is 0. The Morgan fingerprint density at radius 3 is 2.58 bits per heavy atom. The zero-order valence-corrected chi connectivity index (χ0v) is 14.9. The lowest BCUT2D eigenvalue weighted by Crippen LogP contribution is -2.07. The van der Waals surface area contributed by atoms with Crippen molar-refractivity contribution in [2.24, 2.45) is 0 Å². The molecule has 124 valence electrons. The van der Waals surface area contributed by atoms with Gasteiger partial charge in [0.05, 0.1) is 12.3 Å². The fourth-order valence-corrected chi connectivity index (χ4v) is 3.50. The van der Waals surface area contributed by atoms with Crippen molar-refractivity contribution in [3.05, 3.63) is 64.7 Å². The summed E-state index contributed by atoms with van der Waals surface area (Å²) in [5.41, 5.74) is 3.86. The minimum atomic E-state index is 0.105. The van der Waals surface area contributed by atoms with E-state index in [2.05, 4.69) is 27.3 Å². The molecule has 5 nitrogen and oxygen atoms in total. The first kappa shape index (κ1) is 16.5. The molecule has 0 atom stereocenters. The Bertz CT molecular complexity index is 851. The number of Topliss-reactive ketones (excluding diaryl/α,β-unsaturated/α-hetero) is 1. The predicted octanol–water partition coefficient (Wildman–Crippen LogP) is 3.55. The van der Waals surface area contributed by atoms with Gasteiger partial charge in [-0.2, -0.15) is 0 Å². The van der Waals surface area contributed by atoms with Crippen LogP contribution in [0.15, 0.2) is 41.6 Å². The van der Waals surface area contributed by atoms with E-state index in [-0.39, 0.29) is 5.78 Å². The summed E-state index contributed by atoms with van der Waals surface area (Å²) in [5.74, 6) is 1.31. The molecular weight excluding hydrogens is 320 g/mol. The standard InChI is InChI=1S/C18H20N4OS/c1-12-9-16(13(2)19-12)17(23)11-24-18-21-20-14(3)22(18)10-15-7-5-4-6-8-15/h4-9,19H,10-11H2,1-3H3. The van der Waals surface area contributed by atoms with E-state index in [0.29, 0.717) is 12.3 Å². The zero-order chi connectivity index (χ0) is 17.1. The molecule has 24 heavy (non-hydrogen) atoms. The summed E-state index contributed by atoms with van der Waals surface area (Å²) in [4.78, 5) is 15.6. The molecule has 2 aromatic heterocycles. The smallest absolute Gasteiger partial charge is 0.191 e. The first-order valence-electron chi connectivity index (χ1n) is 7.80. The molecule has 1 aromatic carbocycles. The highest BCUT2D eigenvalue weighted by molar-refractivity contribution is 7.99. The molecule has 0 aliphatic rings. The fraction of sp³-hybridized carbons (Fsp3) is 0.278. The lowest BCUT2D eigenvalue weighted by atomic mass is 10.2. The third-order valence-electron chi connectivity index (χ3n) is 3.87. The molecule has 3 aromatic rings. The molecule has 3 rings (SSSR count). The third-order valence-corrected chi connectivity index (χ3v) is 4.83. The summed E-state index contributed by atoms with van der Waals surface area (Å²) in [6.45, 7) is 6.52. The largest absolute Gasteiger partial charge is 0.362 e. The lowest BCUT2D eigenvalue weighted by molar-refractivity contribution is 0.102. The number of aromatic amines is 1. The summed E-state index contributed by atoms with van der Waals surface area (Å²) in [6, 6.07) is 12.1. The van der Waals surface area contributed by atoms with Crippen LogP contribution in [0, 0.1) is 20.8 Å². The van der Waals surface area contributed by atoms with Gasteiger partial charge in [-0.25, -0.2) is 0 Å². The van der Waals surface area contributed by atoms with Crippen molar-refractivity contribution in [2.75, 3.05) is 5.75 Å². The van der Waals surface area contributed by atoms with Gasteiger partial charge < -0.3 is 9.55 Å². The minimum Gasteiger partial charge on any atom is -0.362 e. The van der Waals surface area contributed by atoms with Crippen LogP contribution in [0.5, 0.6) is 0 Å². The van der Waals surface area contributed by atoms with Crippen molar-refractivity contribution in [3.63, 3.8) is 0 Å². The average Bonchev–Trinajstić information content (AvgIpc) is 3.09. The van der Waals surface area contributed by atoms with Crippen molar-refractivity contribution in [3.8, 4) is 0 Å². The van der Waals surface area contributed by atoms with Crippen molar-refractivity contribution >= 4 is 17.5 Å². The van der Waals surface area contributed by atoms with Crippen LogP contribution in [0.4, 0.5) is 0 Å². The van der Waals surface area contributed by atoms with E-state index in [4.69, 9.17) is 0 Å². The number of benzene rings is 1. The average molecular weight is 340 g/mol. The van der Waals surface area contributed by atoms with Crippen LogP contribution in [0.3, 0.4) is 0 Å². The van der Waals surface area contributed by atoms with Gasteiger partial charge in [-0.15, -0.1) is 10.2 Å². The summed E-state index contributed by atoms with van der Waals surface area (Å²) < 4.78 is 2.04. The number of hydrogen-bond donors (Lipinski definition) is 1. The first-order chi connectivity index (χ1) is 11.5. The molecule has 6 heteroatoms. The lowest BCUT2D eigenvalue weighted by Gasteiger charge is -2.08. The summed E-state index contributed by atoms with van der Waals surface area (Å²) in [6.07, 6.45) is 0. The predicted molar refractivity (Wildman–Crippen MR) is 95.6 cm³/mol.